The summed E-state index contributed by atoms with van der Waals surface area (Å²) in [5, 5.41) is 8.74. The second kappa shape index (κ2) is 9.79. The van der Waals surface area contributed by atoms with Gasteiger partial charge in [-0.05, 0) is 61.9 Å². The zero-order valence-electron chi connectivity index (χ0n) is 18.1. The molecule has 4 rings (SSSR count). The summed E-state index contributed by atoms with van der Waals surface area (Å²) >= 11 is 0. The van der Waals surface area contributed by atoms with Gasteiger partial charge in [0, 0.05) is 28.6 Å². The van der Waals surface area contributed by atoms with Gasteiger partial charge in [-0.2, -0.15) is 5.10 Å². The highest BCUT2D eigenvalue weighted by atomic mass is 32.2. The molecule has 1 aliphatic rings. The van der Waals surface area contributed by atoms with Crippen LogP contribution in [0.4, 0.5) is 4.39 Å². The van der Waals surface area contributed by atoms with Crippen LogP contribution in [0.15, 0.2) is 60.0 Å². The van der Waals surface area contributed by atoms with E-state index in [2.05, 4.69) is 14.9 Å². The smallest absolute Gasteiger partial charge is 0.234 e. The number of rotatable bonds is 7. The van der Waals surface area contributed by atoms with Gasteiger partial charge >= 0.3 is 0 Å². The van der Waals surface area contributed by atoms with E-state index >= 15 is 0 Å². The molecule has 0 radical (unpaired) electrons. The molecule has 1 unspecified atom stereocenters. The van der Waals surface area contributed by atoms with E-state index in [1.807, 2.05) is 43.3 Å². The maximum absolute atomic E-state index is 13.6. The number of nitrogens with zero attached hydrogens (tertiary/aromatic N) is 1. The Kier molecular flexibility index (Phi) is 6.86. The Morgan fingerprint density at radius 2 is 2.00 bits per heavy atom. The number of fused-ring (bicyclic) bond motifs is 1. The van der Waals surface area contributed by atoms with Crippen LogP contribution >= 0.6 is 0 Å². The molecule has 0 aliphatic heterocycles. The summed E-state index contributed by atoms with van der Waals surface area (Å²) in [5.41, 5.74) is 4.61. The van der Waals surface area contributed by atoms with Gasteiger partial charge in [0.1, 0.15) is 5.82 Å². The van der Waals surface area contributed by atoms with Crippen molar-refractivity contribution in [1.29, 1.82) is 0 Å². The molecule has 168 valence electrons. The van der Waals surface area contributed by atoms with E-state index < -0.39 is 10.0 Å². The van der Waals surface area contributed by atoms with E-state index in [0.29, 0.717) is 5.69 Å². The van der Waals surface area contributed by atoms with Crippen molar-refractivity contribution < 1.29 is 12.8 Å². The molecule has 5 nitrogen and oxygen atoms in total. The molecule has 2 aromatic carbocycles. The highest BCUT2D eigenvalue weighted by Crippen LogP contribution is 2.33. The lowest BCUT2D eigenvalue weighted by molar-refractivity contribution is 0.573. The minimum Gasteiger partial charge on any atom is -0.281 e. The van der Waals surface area contributed by atoms with Crippen molar-refractivity contribution in [2.45, 2.75) is 51.0 Å². The molecule has 32 heavy (non-hydrogen) atoms. The van der Waals surface area contributed by atoms with Crippen LogP contribution < -0.4 is 4.72 Å². The van der Waals surface area contributed by atoms with Gasteiger partial charge in [0.15, 0.2) is 0 Å². The van der Waals surface area contributed by atoms with Crippen molar-refractivity contribution in [2.24, 2.45) is 0 Å². The van der Waals surface area contributed by atoms with E-state index in [1.54, 1.807) is 18.2 Å². The average Bonchev–Trinajstić information content (AvgIpc) is 3.07. The topological polar surface area (TPSA) is 74.8 Å². The molecule has 0 saturated carbocycles. The Bertz CT molecular complexity index is 1190. The van der Waals surface area contributed by atoms with Crippen LogP contribution in [0.1, 0.15) is 66.2 Å². The molecule has 2 atom stereocenters. The predicted molar refractivity (Wildman–Crippen MR) is 125 cm³/mol. The fourth-order valence-electron chi connectivity index (χ4n) is 4.37. The third-order valence-corrected chi connectivity index (χ3v) is 7.16. The molecule has 0 amide bonds. The zero-order valence-corrected chi connectivity index (χ0v) is 18.9. The summed E-state index contributed by atoms with van der Waals surface area (Å²) in [6.07, 6.45) is 6.22. The molecule has 0 saturated heterocycles. The first-order valence-corrected chi connectivity index (χ1v) is 12.5. The van der Waals surface area contributed by atoms with Crippen LogP contribution in [0.5, 0.6) is 0 Å². The Labute approximate surface area is 188 Å². The Balaban J connectivity index is 1.51. The number of hydrogen-bond donors (Lipinski definition) is 2. The summed E-state index contributed by atoms with van der Waals surface area (Å²) in [4.78, 5) is 0. The molecule has 0 bridgehead atoms. The third-order valence-electron chi connectivity index (χ3n) is 5.99. The summed E-state index contributed by atoms with van der Waals surface area (Å²) in [6.45, 7) is 1.82. The van der Waals surface area contributed by atoms with Gasteiger partial charge in [0.2, 0.25) is 10.0 Å². The van der Waals surface area contributed by atoms with Gasteiger partial charge < -0.3 is 0 Å². The van der Waals surface area contributed by atoms with Gasteiger partial charge in [-0.15, -0.1) is 0 Å². The summed E-state index contributed by atoms with van der Waals surface area (Å²) in [7, 11) is -3.63. The van der Waals surface area contributed by atoms with E-state index in [4.69, 9.17) is 0 Å². The number of nitrogens with one attached hydrogen (secondary N) is 2. The van der Waals surface area contributed by atoms with Crippen LogP contribution in [-0.4, -0.2) is 18.6 Å². The van der Waals surface area contributed by atoms with Crippen LogP contribution in [-0.2, 0) is 22.9 Å². The molecule has 7 heteroatoms. The highest BCUT2D eigenvalue weighted by molar-refractivity contribution is 7.92. The molecule has 3 aromatic rings. The fourth-order valence-corrected chi connectivity index (χ4v) is 5.39. The van der Waals surface area contributed by atoms with Crippen molar-refractivity contribution in [2.75, 3.05) is 0 Å². The van der Waals surface area contributed by atoms with Crippen molar-refractivity contribution in [3.05, 3.63) is 93.9 Å². The monoisotopic (exact) mass is 453 g/mol. The first-order chi connectivity index (χ1) is 15.4. The summed E-state index contributed by atoms with van der Waals surface area (Å²) in [5.74, 6) is -0.0243. The summed E-state index contributed by atoms with van der Waals surface area (Å²) < 4.78 is 41.5. The van der Waals surface area contributed by atoms with Crippen molar-refractivity contribution in [1.82, 2.24) is 14.9 Å². The number of hydrogen-bond acceptors (Lipinski definition) is 3. The van der Waals surface area contributed by atoms with E-state index in [-0.39, 0.29) is 17.8 Å². The maximum atomic E-state index is 13.6. The number of sulfonamides is 1. The predicted octanol–water partition coefficient (Wildman–Crippen LogP) is 5.25. The van der Waals surface area contributed by atoms with Crippen molar-refractivity contribution in [3.8, 4) is 0 Å². The summed E-state index contributed by atoms with van der Waals surface area (Å²) in [6, 6.07) is 15.8. The van der Waals surface area contributed by atoms with Gasteiger partial charge in [-0.25, -0.2) is 17.5 Å². The molecule has 1 heterocycles. The number of halogens is 1. The standard InChI is InChI=1S/C25H28FN3O2S/c1-18(20-9-3-2-4-10-20)29-32(30,31)15-14-24-23-13-6-5-11-21(25(23)28-27-24)16-19-8-7-12-22(26)17-19/h2-4,7-10,12,14-15,17-18,21,29H,5-6,11,13,16H2,1H3,(H,27,28)/t18-,21?/m1/s1. The second-order valence-electron chi connectivity index (χ2n) is 8.38. The lowest BCUT2D eigenvalue weighted by Gasteiger charge is -2.14. The average molecular weight is 454 g/mol. The zero-order chi connectivity index (χ0) is 22.6. The van der Waals surface area contributed by atoms with Gasteiger partial charge in [-0.1, -0.05) is 48.9 Å². The van der Waals surface area contributed by atoms with E-state index in [9.17, 15) is 12.8 Å². The lowest BCUT2D eigenvalue weighted by atomic mass is 9.91. The van der Waals surface area contributed by atoms with Crippen molar-refractivity contribution in [3.63, 3.8) is 0 Å². The molecule has 1 aromatic heterocycles. The van der Waals surface area contributed by atoms with Gasteiger partial charge in [0.25, 0.3) is 0 Å². The van der Waals surface area contributed by atoms with Crippen LogP contribution in [0.25, 0.3) is 6.08 Å². The van der Waals surface area contributed by atoms with E-state index in [1.165, 1.54) is 11.5 Å². The Hall–Kier alpha value is -2.77. The quantitative estimate of drug-likeness (QED) is 0.480. The molecular formula is C25H28FN3O2S. The minimum atomic E-state index is -3.63. The minimum absolute atomic E-state index is 0.205. The maximum Gasteiger partial charge on any atom is 0.234 e. The third kappa shape index (κ3) is 5.53. The number of H-pyrrole nitrogens is 1. The van der Waals surface area contributed by atoms with Crippen LogP contribution in [0.2, 0.25) is 0 Å². The van der Waals surface area contributed by atoms with Crippen molar-refractivity contribution >= 4 is 16.1 Å². The number of aromatic amines is 1. The van der Waals surface area contributed by atoms with Crippen LogP contribution in [0, 0.1) is 5.82 Å². The first-order valence-electron chi connectivity index (χ1n) is 11.0. The van der Waals surface area contributed by atoms with Gasteiger partial charge in [0.05, 0.1) is 5.69 Å². The molecular weight excluding hydrogens is 425 g/mol. The Morgan fingerprint density at radius 3 is 2.78 bits per heavy atom. The molecule has 0 spiro atoms. The number of aromatic nitrogens is 2. The molecule has 2 N–H and O–H groups in total. The normalized spacial score (nSPS) is 17.8. The fraction of sp³-hybridized carbons (Fsp3) is 0.320. The van der Waals surface area contributed by atoms with Crippen LogP contribution in [0.3, 0.4) is 0 Å². The molecule has 1 aliphatic carbocycles. The second-order valence-corrected chi connectivity index (χ2v) is 9.97. The molecule has 0 fully saturated rings. The number of benzene rings is 2. The SMILES string of the molecule is C[C@@H](NS(=O)(=O)C=Cc1n[nH]c2c1CCCCC2Cc1cccc(F)c1)c1ccccc1. The first kappa shape index (κ1) is 22.4. The highest BCUT2D eigenvalue weighted by Gasteiger charge is 2.24. The van der Waals surface area contributed by atoms with Gasteiger partial charge in [-0.3, -0.25) is 5.10 Å². The Morgan fingerprint density at radius 1 is 1.19 bits per heavy atom. The van der Waals surface area contributed by atoms with E-state index in [0.717, 1.165) is 54.5 Å². The largest absolute Gasteiger partial charge is 0.281 e. The lowest BCUT2D eigenvalue weighted by Crippen LogP contribution is -2.24.